The second kappa shape index (κ2) is 6.50. The zero-order chi connectivity index (χ0) is 12.8. The molecule has 2 N–H and O–H groups in total. The van der Waals surface area contributed by atoms with Crippen LogP contribution in [0.1, 0.15) is 31.4 Å². The molecule has 0 saturated heterocycles. The van der Waals surface area contributed by atoms with Gasteiger partial charge in [0.2, 0.25) is 0 Å². The van der Waals surface area contributed by atoms with Crippen LogP contribution in [0.5, 0.6) is 11.5 Å². The Bertz CT molecular complexity index is 363. The summed E-state index contributed by atoms with van der Waals surface area (Å²) in [4.78, 5) is 0. The summed E-state index contributed by atoms with van der Waals surface area (Å²) in [6.45, 7) is 4.21. The standard InChI is InChI=1S/C14H23NO2/c1-5-6-11-9-14(17-4)12(8-13(11)16)7-10(2)15-3/h8-10,15-16H,5-7H2,1-4H3. The Labute approximate surface area is 104 Å². The van der Waals surface area contributed by atoms with Gasteiger partial charge in [-0.15, -0.1) is 0 Å². The maximum absolute atomic E-state index is 9.95. The summed E-state index contributed by atoms with van der Waals surface area (Å²) in [7, 11) is 3.61. The lowest BCUT2D eigenvalue weighted by atomic mass is 10.0. The predicted octanol–water partition coefficient (Wildman–Crippen LogP) is 2.50. The van der Waals surface area contributed by atoms with Crippen molar-refractivity contribution in [3.05, 3.63) is 23.3 Å². The molecule has 3 nitrogen and oxygen atoms in total. The summed E-state index contributed by atoms with van der Waals surface area (Å²) in [5, 5.41) is 13.1. The van der Waals surface area contributed by atoms with Gasteiger partial charge in [-0.1, -0.05) is 13.3 Å². The molecule has 1 unspecified atom stereocenters. The molecule has 0 heterocycles. The van der Waals surface area contributed by atoms with Gasteiger partial charge in [0, 0.05) is 6.04 Å². The Kier molecular flexibility index (Phi) is 5.29. The van der Waals surface area contributed by atoms with Gasteiger partial charge < -0.3 is 15.2 Å². The maximum Gasteiger partial charge on any atom is 0.122 e. The van der Waals surface area contributed by atoms with E-state index in [9.17, 15) is 5.11 Å². The van der Waals surface area contributed by atoms with E-state index < -0.39 is 0 Å². The van der Waals surface area contributed by atoms with Gasteiger partial charge in [-0.3, -0.25) is 0 Å². The molecule has 1 atom stereocenters. The van der Waals surface area contributed by atoms with E-state index in [0.717, 1.165) is 36.1 Å². The first-order valence-corrected chi connectivity index (χ1v) is 6.18. The van der Waals surface area contributed by atoms with Crippen LogP contribution < -0.4 is 10.1 Å². The molecule has 96 valence electrons. The van der Waals surface area contributed by atoms with Crippen LogP contribution in [0.2, 0.25) is 0 Å². The number of likely N-dealkylation sites (N-methyl/N-ethyl adjacent to an activating group) is 1. The third-order valence-corrected chi connectivity index (χ3v) is 3.02. The number of phenols is 1. The highest BCUT2D eigenvalue weighted by atomic mass is 16.5. The monoisotopic (exact) mass is 237 g/mol. The van der Waals surface area contributed by atoms with Gasteiger partial charge in [0.25, 0.3) is 0 Å². The lowest BCUT2D eigenvalue weighted by Gasteiger charge is -2.15. The highest BCUT2D eigenvalue weighted by molar-refractivity contribution is 5.46. The highest BCUT2D eigenvalue weighted by Crippen LogP contribution is 2.29. The van der Waals surface area contributed by atoms with E-state index in [4.69, 9.17) is 4.74 Å². The summed E-state index contributed by atoms with van der Waals surface area (Å²) < 4.78 is 5.39. The SMILES string of the molecule is CCCc1cc(OC)c(CC(C)NC)cc1O. The molecule has 0 aliphatic carbocycles. The van der Waals surface area contributed by atoms with Crippen molar-refractivity contribution in [2.45, 2.75) is 39.2 Å². The highest BCUT2D eigenvalue weighted by Gasteiger charge is 2.11. The van der Waals surface area contributed by atoms with Gasteiger partial charge in [-0.2, -0.15) is 0 Å². The molecule has 0 amide bonds. The second-order valence-electron chi connectivity index (χ2n) is 4.44. The smallest absolute Gasteiger partial charge is 0.122 e. The Morgan fingerprint density at radius 2 is 2.06 bits per heavy atom. The number of hydrogen-bond donors (Lipinski definition) is 2. The van der Waals surface area contributed by atoms with Crippen LogP contribution in [0.3, 0.4) is 0 Å². The number of aromatic hydroxyl groups is 1. The number of nitrogens with one attached hydrogen (secondary N) is 1. The van der Waals surface area contributed by atoms with E-state index in [1.165, 1.54) is 0 Å². The third-order valence-electron chi connectivity index (χ3n) is 3.02. The summed E-state index contributed by atoms with van der Waals surface area (Å²) in [5.74, 6) is 1.25. The van der Waals surface area contributed by atoms with Crippen molar-refractivity contribution in [1.29, 1.82) is 0 Å². The fraction of sp³-hybridized carbons (Fsp3) is 0.571. The minimum Gasteiger partial charge on any atom is -0.508 e. The number of methoxy groups -OCH3 is 1. The maximum atomic E-state index is 9.95. The molecule has 0 aliphatic rings. The van der Waals surface area contributed by atoms with Gasteiger partial charge in [-0.05, 0) is 50.1 Å². The largest absolute Gasteiger partial charge is 0.508 e. The van der Waals surface area contributed by atoms with Crippen LogP contribution in [0.15, 0.2) is 12.1 Å². The Balaban J connectivity index is 3.00. The fourth-order valence-electron chi connectivity index (χ4n) is 1.90. The number of hydrogen-bond acceptors (Lipinski definition) is 3. The number of aryl methyl sites for hydroxylation is 1. The Morgan fingerprint density at radius 3 is 2.59 bits per heavy atom. The first-order chi connectivity index (χ1) is 8.12. The molecule has 0 saturated carbocycles. The summed E-state index contributed by atoms with van der Waals surface area (Å²) in [6, 6.07) is 4.15. The van der Waals surface area contributed by atoms with Gasteiger partial charge in [-0.25, -0.2) is 0 Å². The Hall–Kier alpha value is -1.22. The average molecular weight is 237 g/mol. The second-order valence-corrected chi connectivity index (χ2v) is 4.44. The van der Waals surface area contributed by atoms with Gasteiger partial charge in [0.15, 0.2) is 0 Å². The van der Waals surface area contributed by atoms with Crippen molar-refractivity contribution >= 4 is 0 Å². The van der Waals surface area contributed by atoms with Crippen LogP contribution in [-0.2, 0) is 12.8 Å². The number of phenolic OH excluding ortho intramolecular Hbond substituents is 1. The van der Waals surface area contributed by atoms with Crippen LogP contribution in [0.4, 0.5) is 0 Å². The van der Waals surface area contributed by atoms with Crippen molar-refractivity contribution in [2.24, 2.45) is 0 Å². The molecule has 17 heavy (non-hydrogen) atoms. The summed E-state index contributed by atoms with van der Waals surface area (Å²) in [5.41, 5.74) is 2.01. The molecule has 0 spiro atoms. The first kappa shape index (κ1) is 13.8. The molecule has 1 aromatic carbocycles. The van der Waals surface area contributed by atoms with E-state index in [2.05, 4.69) is 19.2 Å². The minimum atomic E-state index is 0.361. The van der Waals surface area contributed by atoms with Crippen molar-refractivity contribution < 1.29 is 9.84 Å². The molecule has 0 bridgehead atoms. The molecular weight excluding hydrogens is 214 g/mol. The van der Waals surface area contributed by atoms with Crippen molar-refractivity contribution in [1.82, 2.24) is 5.32 Å². The average Bonchev–Trinajstić information content (AvgIpc) is 2.32. The first-order valence-electron chi connectivity index (χ1n) is 6.18. The fourth-order valence-corrected chi connectivity index (χ4v) is 1.90. The molecule has 0 radical (unpaired) electrons. The Morgan fingerprint density at radius 1 is 1.35 bits per heavy atom. The molecule has 0 aliphatic heterocycles. The summed E-state index contributed by atoms with van der Waals surface area (Å²) in [6.07, 6.45) is 2.74. The molecule has 0 fully saturated rings. The summed E-state index contributed by atoms with van der Waals surface area (Å²) >= 11 is 0. The van der Waals surface area contributed by atoms with Crippen molar-refractivity contribution in [3.8, 4) is 11.5 Å². The van der Waals surface area contributed by atoms with E-state index >= 15 is 0 Å². The van der Waals surface area contributed by atoms with Gasteiger partial charge in [0.05, 0.1) is 7.11 Å². The van der Waals surface area contributed by atoms with Crippen LogP contribution in [-0.4, -0.2) is 25.3 Å². The van der Waals surface area contributed by atoms with Crippen LogP contribution in [0.25, 0.3) is 0 Å². The quantitative estimate of drug-likeness (QED) is 0.798. The number of ether oxygens (including phenoxy) is 1. The van der Waals surface area contributed by atoms with Gasteiger partial charge in [0.1, 0.15) is 11.5 Å². The van der Waals surface area contributed by atoms with Crippen LogP contribution >= 0.6 is 0 Å². The molecule has 3 heteroatoms. The molecule has 1 aromatic rings. The topological polar surface area (TPSA) is 41.5 Å². The lowest BCUT2D eigenvalue weighted by Crippen LogP contribution is -2.23. The van der Waals surface area contributed by atoms with E-state index in [1.54, 1.807) is 7.11 Å². The van der Waals surface area contributed by atoms with E-state index in [1.807, 2.05) is 19.2 Å². The lowest BCUT2D eigenvalue weighted by molar-refractivity contribution is 0.402. The van der Waals surface area contributed by atoms with Crippen molar-refractivity contribution in [2.75, 3.05) is 14.2 Å². The minimum absolute atomic E-state index is 0.361. The van der Waals surface area contributed by atoms with E-state index in [0.29, 0.717) is 11.8 Å². The van der Waals surface area contributed by atoms with E-state index in [-0.39, 0.29) is 0 Å². The molecule has 1 rings (SSSR count). The zero-order valence-corrected chi connectivity index (χ0v) is 11.2. The third kappa shape index (κ3) is 3.63. The predicted molar refractivity (Wildman–Crippen MR) is 70.9 cm³/mol. The number of benzene rings is 1. The zero-order valence-electron chi connectivity index (χ0n) is 11.2. The molecule has 0 aromatic heterocycles. The van der Waals surface area contributed by atoms with Gasteiger partial charge >= 0.3 is 0 Å². The van der Waals surface area contributed by atoms with Crippen molar-refractivity contribution in [3.63, 3.8) is 0 Å². The molecular formula is C14H23NO2. The normalized spacial score (nSPS) is 12.5. The van der Waals surface area contributed by atoms with Crippen LogP contribution in [0, 0.1) is 0 Å². The number of rotatable bonds is 6.